The molecule has 0 aliphatic carbocycles. The minimum absolute atomic E-state index is 0.0176. The summed E-state index contributed by atoms with van der Waals surface area (Å²) in [6, 6.07) is 6.72. The maximum atomic E-state index is 13.8. The van der Waals surface area contributed by atoms with Crippen molar-refractivity contribution < 1.29 is 9.18 Å². The molecule has 2 fully saturated rings. The van der Waals surface area contributed by atoms with Gasteiger partial charge in [0.1, 0.15) is 11.5 Å². The average molecular weight is 359 g/mol. The summed E-state index contributed by atoms with van der Waals surface area (Å²) in [5.74, 6) is 1.19. The summed E-state index contributed by atoms with van der Waals surface area (Å²) in [6.07, 6.45) is 2.56. The molecule has 2 saturated heterocycles. The SMILES string of the molecule is O=C(c1csc(Cc2ccccc2F)n1)N1CC[C@@H]2CNC[C@@H]2CC1. The number of carbonyl (C=O) groups is 1. The van der Waals surface area contributed by atoms with Crippen LogP contribution in [0.5, 0.6) is 0 Å². The van der Waals surface area contributed by atoms with Crippen LogP contribution in [0.3, 0.4) is 0 Å². The number of carbonyl (C=O) groups excluding carboxylic acids is 1. The highest BCUT2D eigenvalue weighted by Crippen LogP contribution is 2.28. The predicted molar refractivity (Wildman–Crippen MR) is 96.3 cm³/mol. The smallest absolute Gasteiger partial charge is 0.273 e. The number of fused-ring (bicyclic) bond motifs is 1. The normalized spacial score (nSPS) is 23.3. The van der Waals surface area contributed by atoms with Crippen molar-refractivity contribution in [3.63, 3.8) is 0 Å². The van der Waals surface area contributed by atoms with Crippen LogP contribution < -0.4 is 5.32 Å². The second-order valence-electron chi connectivity index (χ2n) is 6.94. The molecule has 0 radical (unpaired) electrons. The minimum atomic E-state index is -0.224. The minimum Gasteiger partial charge on any atom is -0.337 e. The lowest BCUT2D eigenvalue weighted by molar-refractivity contribution is 0.0753. The fourth-order valence-corrected chi connectivity index (χ4v) is 4.67. The molecule has 0 unspecified atom stereocenters. The standard InChI is InChI=1S/C19H22FN3OS/c20-16-4-2-1-3-13(16)9-18-22-17(12-25-18)19(24)23-7-5-14-10-21-11-15(14)6-8-23/h1-4,12,14-15,21H,5-11H2/t14-,15+. The Morgan fingerprint density at radius 3 is 2.68 bits per heavy atom. The third-order valence-corrected chi connectivity index (χ3v) is 6.23. The fraction of sp³-hybridized carbons (Fsp3) is 0.474. The van der Waals surface area contributed by atoms with Crippen molar-refractivity contribution in [1.82, 2.24) is 15.2 Å². The molecule has 0 bridgehead atoms. The van der Waals surface area contributed by atoms with Crippen LogP contribution in [0.4, 0.5) is 4.39 Å². The Hall–Kier alpha value is -1.79. The Kier molecular flexibility index (Phi) is 4.81. The Bertz CT molecular complexity index is 749. The van der Waals surface area contributed by atoms with Crippen LogP contribution in [-0.4, -0.2) is 42.0 Å². The highest BCUT2D eigenvalue weighted by Gasteiger charge is 2.32. The summed E-state index contributed by atoms with van der Waals surface area (Å²) in [5.41, 5.74) is 1.12. The van der Waals surface area contributed by atoms with Gasteiger partial charge >= 0.3 is 0 Å². The largest absolute Gasteiger partial charge is 0.337 e. The Morgan fingerprint density at radius 2 is 1.96 bits per heavy atom. The van der Waals surface area contributed by atoms with Gasteiger partial charge in [0.2, 0.25) is 0 Å². The van der Waals surface area contributed by atoms with Crippen molar-refractivity contribution in [1.29, 1.82) is 0 Å². The molecule has 0 saturated carbocycles. The first-order valence-electron chi connectivity index (χ1n) is 8.88. The van der Waals surface area contributed by atoms with Crippen molar-refractivity contribution >= 4 is 17.2 Å². The fourth-order valence-electron chi connectivity index (χ4n) is 3.88. The maximum Gasteiger partial charge on any atom is 0.273 e. The van der Waals surface area contributed by atoms with Crippen LogP contribution in [0.1, 0.15) is 33.9 Å². The van der Waals surface area contributed by atoms with Crippen molar-refractivity contribution in [3.8, 4) is 0 Å². The molecule has 132 valence electrons. The second-order valence-corrected chi connectivity index (χ2v) is 7.89. The van der Waals surface area contributed by atoms with Crippen LogP contribution in [0.25, 0.3) is 0 Å². The molecule has 2 aliphatic heterocycles. The van der Waals surface area contributed by atoms with Crippen LogP contribution in [0, 0.1) is 17.7 Å². The molecule has 6 heteroatoms. The first-order chi connectivity index (χ1) is 12.2. The summed E-state index contributed by atoms with van der Waals surface area (Å²) in [5, 5.41) is 6.05. The Labute approximate surface area is 151 Å². The van der Waals surface area contributed by atoms with Gasteiger partial charge in [-0.25, -0.2) is 9.37 Å². The number of benzene rings is 1. The number of nitrogens with zero attached hydrogens (tertiary/aromatic N) is 2. The number of halogens is 1. The average Bonchev–Trinajstić information content (AvgIpc) is 3.22. The number of nitrogens with one attached hydrogen (secondary N) is 1. The lowest BCUT2D eigenvalue weighted by atomic mass is 9.92. The highest BCUT2D eigenvalue weighted by molar-refractivity contribution is 7.09. The molecule has 1 aromatic heterocycles. The van der Waals surface area contributed by atoms with Gasteiger partial charge in [0.25, 0.3) is 5.91 Å². The molecule has 1 N–H and O–H groups in total. The van der Waals surface area contributed by atoms with Crippen molar-refractivity contribution in [3.05, 3.63) is 51.7 Å². The molecule has 2 atom stereocenters. The van der Waals surface area contributed by atoms with Crippen LogP contribution in [0.15, 0.2) is 29.6 Å². The van der Waals surface area contributed by atoms with E-state index in [0.717, 1.165) is 44.0 Å². The third-order valence-electron chi connectivity index (χ3n) is 5.38. The van der Waals surface area contributed by atoms with Crippen molar-refractivity contribution in [2.75, 3.05) is 26.2 Å². The van der Waals surface area contributed by atoms with Gasteiger partial charge in [0.05, 0.1) is 5.01 Å². The molecule has 3 heterocycles. The predicted octanol–water partition coefficient (Wildman–Crippen LogP) is 2.94. The summed E-state index contributed by atoms with van der Waals surface area (Å²) in [4.78, 5) is 19.2. The van der Waals surface area contributed by atoms with Gasteiger partial charge in [-0.3, -0.25) is 4.79 Å². The van der Waals surface area contributed by atoms with Crippen molar-refractivity contribution in [2.24, 2.45) is 11.8 Å². The summed E-state index contributed by atoms with van der Waals surface area (Å²) < 4.78 is 13.8. The molecule has 2 aromatic rings. The molecular formula is C19H22FN3OS. The van der Waals surface area contributed by atoms with E-state index in [1.54, 1.807) is 12.1 Å². The van der Waals surface area contributed by atoms with Crippen molar-refractivity contribution in [2.45, 2.75) is 19.3 Å². The zero-order valence-corrected chi connectivity index (χ0v) is 14.9. The molecule has 1 amide bonds. The zero-order valence-electron chi connectivity index (χ0n) is 14.1. The molecule has 2 aliphatic rings. The number of likely N-dealkylation sites (tertiary alicyclic amines) is 1. The van der Waals surface area contributed by atoms with Crippen LogP contribution in [-0.2, 0) is 6.42 Å². The number of hydrogen-bond acceptors (Lipinski definition) is 4. The third kappa shape index (κ3) is 3.60. The van der Waals surface area contributed by atoms with Gasteiger partial charge in [0, 0.05) is 24.9 Å². The molecule has 25 heavy (non-hydrogen) atoms. The van der Waals surface area contributed by atoms with Gasteiger partial charge in [-0.1, -0.05) is 18.2 Å². The summed E-state index contributed by atoms with van der Waals surface area (Å²) in [6.45, 7) is 3.77. The second kappa shape index (κ2) is 7.22. The van der Waals surface area contributed by atoms with Gasteiger partial charge in [-0.05, 0) is 49.4 Å². The van der Waals surface area contributed by atoms with E-state index >= 15 is 0 Å². The monoisotopic (exact) mass is 359 g/mol. The maximum absolute atomic E-state index is 13.8. The zero-order chi connectivity index (χ0) is 17.2. The van der Waals surface area contributed by atoms with E-state index in [1.165, 1.54) is 17.4 Å². The highest BCUT2D eigenvalue weighted by atomic mass is 32.1. The number of hydrogen-bond donors (Lipinski definition) is 1. The van der Waals surface area contributed by atoms with E-state index in [4.69, 9.17) is 0 Å². The van der Waals surface area contributed by atoms with Gasteiger partial charge in [-0.2, -0.15) is 0 Å². The lowest BCUT2D eigenvalue weighted by Crippen LogP contribution is -2.33. The number of rotatable bonds is 3. The lowest BCUT2D eigenvalue weighted by Gasteiger charge is -2.19. The van der Waals surface area contributed by atoms with Gasteiger partial charge in [-0.15, -0.1) is 11.3 Å². The number of aromatic nitrogens is 1. The van der Waals surface area contributed by atoms with E-state index in [-0.39, 0.29) is 11.7 Å². The molecule has 4 nitrogen and oxygen atoms in total. The van der Waals surface area contributed by atoms with Crippen LogP contribution >= 0.6 is 11.3 Å². The van der Waals surface area contributed by atoms with Gasteiger partial charge < -0.3 is 10.2 Å². The molecule has 4 rings (SSSR count). The quantitative estimate of drug-likeness (QED) is 0.916. The molecule has 0 spiro atoms. The van der Waals surface area contributed by atoms with E-state index < -0.39 is 0 Å². The van der Waals surface area contributed by atoms with E-state index in [2.05, 4.69) is 10.3 Å². The summed E-state index contributed by atoms with van der Waals surface area (Å²) >= 11 is 1.43. The van der Waals surface area contributed by atoms with Crippen LogP contribution in [0.2, 0.25) is 0 Å². The van der Waals surface area contributed by atoms with Gasteiger partial charge in [0.15, 0.2) is 0 Å². The topological polar surface area (TPSA) is 45.2 Å². The number of thiazole rings is 1. The molecule has 1 aromatic carbocycles. The summed E-state index contributed by atoms with van der Waals surface area (Å²) in [7, 11) is 0. The van der Waals surface area contributed by atoms with E-state index in [9.17, 15) is 9.18 Å². The Balaban J connectivity index is 1.43. The first-order valence-corrected chi connectivity index (χ1v) is 9.76. The number of amides is 1. The van der Waals surface area contributed by atoms with E-state index in [0.29, 0.717) is 29.5 Å². The Morgan fingerprint density at radius 1 is 1.24 bits per heavy atom. The molecular weight excluding hydrogens is 337 g/mol. The first kappa shape index (κ1) is 16.7. The van der Waals surface area contributed by atoms with E-state index in [1.807, 2.05) is 16.3 Å².